The lowest BCUT2D eigenvalue weighted by molar-refractivity contribution is -0.141. The van der Waals surface area contributed by atoms with Crippen molar-refractivity contribution in [1.82, 2.24) is 4.90 Å². The molecule has 0 amide bonds. The third-order valence-corrected chi connectivity index (χ3v) is 7.44. The number of thioether (sulfide) groups is 1. The van der Waals surface area contributed by atoms with Crippen molar-refractivity contribution >= 4 is 34.5 Å². The first-order valence-electron chi connectivity index (χ1n) is 9.30. The average molecular weight is 415 g/mol. The molecule has 5 nitrogen and oxygen atoms in total. The van der Waals surface area contributed by atoms with Crippen LogP contribution in [-0.4, -0.2) is 37.5 Å². The van der Waals surface area contributed by atoms with Crippen LogP contribution in [0.2, 0.25) is 5.02 Å². The molecule has 2 aliphatic heterocycles. The summed E-state index contributed by atoms with van der Waals surface area (Å²) >= 11 is 7.54. The Hall–Kier alpha value is -2.02. The lowest BCUT2D eigenvalue weighted by Crippen LogP contribution is -2.53. The molecule has 0 saturated carbocycles. The van der Waals surface area contributed by atoms with Gasteiger partial charge in [0.05, 0.1) is 23.8 Å². The molecule has 28 heavy (non-hydrogen) atoms. The number of aryl methyl sites for hydroxylation is 1. The zero-order valence-electron chi connectivity index (χ0n) is 15.0. The number of aliphatic imine (C=N–C) groups is 1. The van der Waals surface area contributed by atoms with E-state index in [4.69, 9.17) is 16.6 Å². The minimum absolute atomic E-state index is 0.000163. The van der Waals surface area contributed by atoms with E-state index in [0.29, 0.717) is 5.56 Å². The number of aliphatic hydroxyl groups is 1. The third kappa shape index (κ3) is 2.59. The minimum Gasteiger partial charge on any atom is -0.481 e. The Morgan fingerprint density at radius 1 is 1.29 bits per heavy atom. The summed E-state index contributed by atoms with van der Waals surface area (Å²) in [7, 11) is 0. The van der Waals surface area contributed by atoms with E-state index in [1.165, 1.54) is 17.3 Å². The molecule has 7 heteroatoms. The van der Waals surface area contributed by atoms with Crippen molar-refractivity contribution in [2.45, 2.75) is 42.3 Å². The molecule has 2 heterocycles. The summed E-state index contributed by atoms with van der Waals surface area (Å²) in [4.78, 5) is 18.4. The second-order valence-electron chi connectivity index (χ2n) is 7.47. The monoisotopic (exact) mass is 414 g/mol. The zero-order chi connectivity index (χ0) is 19.5. The van der Waals surface area contributed by atoms with Crippen LogP contribution in [0.15, 0.2) is 53.5 Å². The number of carboxylic acids is 1. The topological polar surface area (TPSA) is 73.1 Å². The van der Waals surface area contributed by atoms with Crippen LogP contribution < -0.4 is 0 Å². The molecule has 1 saturated heterocycles. The van der Waals surface area contributed by atoms with Gasteiger partial charge in [-0.3, -0.25) is 9.79 Å². The van der Waals surface area contributed by atoms with Gasteiger partial charge in [0.1, 0.15) is 0 Å². The van der Waals surface area contributed by atoms with Gasteiger partial charge >= 0.3 is 5.97 Å². The molecule has 4 atom stereocenters. The molecule has 0 radical (unpaired) electrons. The van der Waals surface area contributed by atoms with Crippen molar-refractivity contribution in [2.24, 2.45) is 4.99 Å². The van der Waals surface area contributed by atoms with Gasteiger partial charge in [-0.05, 0) is 36.1 Å². The SMILES string of the molecule is O=C(O)C[C@H]1SC2=NC3c4ccc(Cl)cc4CCC3N2[C@]1(O)c1ccccc1. The van der Waals surface area contributed by atoms with Gasteiger partial charge < -0.3 is 15.1 Å². The Labute approximate surface area is 172 Å². The van der Waals surface area contributed by atoms with Gasteiger partial charge in [0.15, 0.2) is 10.9 Å². The van der Waals surface area contributed by atoms with E-state index in [2.05, 4.69) is 0 Å². The summed E-state index contributed by atoms with van der Waals surface area (Å²) in [6.45, 7) is 0. The molecule has 1 aliphatic carbocycles. The fraction of sp³-hybridized carbons (Fsp3) is 0.333. The first-order chi connectivity index (χ1) is 13.5. The van der Waals surface area contributed by atoms with Gasteiger partial charge in [0, 0.05) is 10.6 Å². The summed E-state index contributed by atoms with van der Waals surface area (Å²) in [5.41, 5.74) is 1.66. The summed E-state index contributed by atoms with van der Waals surface area (Å²) in [6, 6.07) is 15.2. The molecule has 1 fully saturated rings. The van der Waals surface area contributed by atoms with Crippen molar-refractivity contribution in [3.05, 3.63) is 70.2 Å². The molecule has 3 aliphatic rings. The van der Waals surface area contributed by atoms with E-state index < -0.39 is 16.9 Å². The first kappa shape index (κ1) is 18.0. The van der Waals surface area contributed by atoms with Crippen molar-refractivity contribution in [3.63, 3.8) is 0 Å². The Balaban J connectivity index is 1.60. The van der Waals surface area contributed by atoms with E-state index in [0.717, 1.165) is 28.6 Å². The first-order valence-corrected chi connectivity index (χ1v) is 10.6. The minimum atomic E-state index is -1.40. The van der Waals surface area contributed by atoms with E-state index in [9.17, 15) is 15.0 Å². The second-order valence-corrected chi connectivity index (χ2v) is 9.08. The maximum atomic E-state index is 11.9. The third-order valence-electron chi connectivity index (χ3n) is 5.91. The van der Waals surface area contributed by atoms with Gasteiger partial charge in [-0.1, -0.05) is 59.8 Å². The number of hydrogen-bond acceptors (Lipinski definition) is 5. The molecule has 2 unspecified atom stereocenters. The Morgan fingerprint density at radius 2 is 2.07 bits per heavy atom. The van der Waals surface area contributed by atoms with E-state index in [1.54, 1.807) is 0 Å². The van der Waals surface area contributed by atoms with Crippen LogP contribution in [0.1, 0.15) is 35.6 Å². The van der Waals surface area contributed by atoms with Crippen LogP contribution in [0.3, 0.4) is 0 Å². The molecular formula is C21H19ClN2O3S. The Morgan fingerprint density at radius 3 is 2.82 bits per heavy atom. The van der Waals surface area contributed by atoms with Gasteiger partial charge in [-0.2, -0.15) is 0 Å². The van der Waals surface area contributed by atoms with Crippen molar-refractivity contribution < 1.29 is 15.0 Å². The number of carboxylic acid groups (broad SMARTS) is 1. The molecule has 2 aromatic carbocycles. The highest BCUT2D eigenvalue weighted by molar-refractivity contribution is 8.14. The highest BCUT2D eigenvalue weighted by atomic mass is 35.5. The molecule has 0 spiro atoms. The molecule has 0 bridgehead atoms. The maximum Gasteiger partial charge on any atom is 0.304 e. The molecule has 2 N–H and O–H groups in total. The summed E-state index contributed by atoms with van der Waals surface area (Å²) in [5.74, 6) is -0.922. The summed E-state index contributed by atoms with van der Waals surface area (Å²) in [6.07, 6.45) is 1.56. The van der Waals surface area contributed by atoms with Crippen LogP contribution in [0.4, 0.5) is 0 Å². The van der Waals surface area contributed by atoms with Crippen molar-refractivity contribution in [3.8, 4) is 0 Å². The number of nitrogens with zero attached hydrogens (tertiary/aromatic N) is 2. The van der Waals surface area contributed by atoms with Crippen LogP contribution in [0.25, 0.3) is 0 Å². The van der Waals surface area contributed by atoms with E-state index in [-0.39, 0.29) is 18.5 Å². The highest BCUT2D eigenvalue weighted by Gasteiger charge is 2.59. The van der Waals surface area contributed by atoms with Gasteiger partial charge in [-0.25, -0.2) is 0 Å². The molecule has 0 aromatic heterocycles. The lowest BCUT2D eigenvalue weighted by atomic mass is 9.82. The zero-order valence-corrected chi connectivity index (χ0v) is 16.5. The number of amidine groups is 1. The second kappa shape index (κ2) is 6.51. The van der Waals surface area contributed by atoms with Gasteiger partial charge in [0.2, 0.25) is 0 Å². The summed E-state index contributed by atoms with van der Waals surface area (Å²) in [5, 5.41) is 22.3. The smallest absolute Gasteiger partial charge is 0.304 e. The molecule has 2 aromatic rings. The fourth-order valence-corrected chi connectivity index (χ4v) is 6.35. The number of halogens is 1. The standard InChI is InChI=1S/C21H19ClN2O3S/c22-14-7-8-15-12(10-14)6-9-16-19(15)23-20-24(16)21(27,13-4-2-1-3-5-13)17(28-20)11-18(25)26/h1-5,7-8,10,16-17,19,27H,6,9,11H2,(H,25,26)/t16?,17-,19?,21+/m1/s1. The Kier molecular flexibility index (Phi) is 4.19. The van der Waals surface area contributed by atoms with Crippen LogP contribution in [0.5, 0.6) is 0 Å². The molecule has 144 valence electrons. The van der Waals surface area contributed by atoms with E-state index in [1.807, 2.05) is 53.4 Å². The van der Waals surface area contributed by atoms with Crippen molar-refractivity contribution in [2.75, 3.05) is 0 Å². The number of hydrogen-bond donors (Lipinski definition) is 2. The number of carbonyl (C=O) groups is 1. The van der Waals surface area contributed by atoms with Gasteiger partial charge in [-0.15, -0.1) is 0 Å². The highest BCUT2D eigenvalue weighted by Crippen LogP contribution is 2.55. The fourth-order valence-electron chi connectivity index (χ4n) is 4.70. The number of rotatable bonds is 3. The number of fused-ring (bicyclic) bond motifs is 5. The van der Waals surface area contributed by atoms with Crippen LogP contribution in [-0.2, 0) is 16.9 Å². The van der Waals surface area contributed by atoms with Crippen LogP contribution >= 0.6 is 23.4 Å². The van der Waals surface area contributed by atoms with Crippen LogP contribution in [0, 0.1) is 0 Å². The number of benzene rings is 2. The number of aliphatic carboxylic acids is 1. The van der Waals surface area contributed by atoms with E-state index >= 15 is 0 Å². The lowest BCUT2D eigenvalue weighted by Gasteiger charge is -2.42. The summed E-state index contributed by atoms with van der Waals surface area (Å²) < 4.78 is 0. The predicted octanol–water partition coefficient (Wildman–Crippen LogP) is 3.80. The largest absolute Gasteiger partial charge is 0.481 e. The normalized spacial score (nSPS) is 30.4. The van der Waals surface area contributed by atoms with Crippen molar-refractivity contribution in [1.29, 1.82) is 0 Å². The molecular weight excluding hydrogens is 396 g/mol. The molecule has 5 rings (SSSR count). The van der Waals surface area contributed by atoms with Gasteiger partial charge in [0.25, 0.3) is 0 Å². The predicted molar refractivity (Wildman–Crippen MR) is 110 cm³/mol. The average Bonchev–Trinajstić information content (AvgIpc) is 3.17. The quantitative estimate of drug-likeness (QED) is 0.799. The Bertz CT molecular complexity index is 983. The maximum absolute atomic E-state index is 11.9.